The summed E-state index contributed by atoms with van der Waals surface area (Å²) in [4.78, 5) is 0. The Bertz CT molecular complexity index is 387. The van der Waals surface area contributed by atoms with Gasteiger partial charge in [0.25, 0.3) is 0 Å². The molecule has 18 heavy (non-hydrogen) atoms. The highest BCUT2D eigenvalue weighted by Crippen LogP contribution is 2.36. The number of methoxy groups -OCH3 is 1. The summed E-state index contributed by atoms with van der Waals surface area (Å²) in [5, 5.41) is 14.6. The molecule has 0 saturated heterocycles. The Morgan fingerprint density at radius 2 is 2.06 bits per heavy atom. The van der Waals surface area contributed by atoms with E-state index in [0.29, 0.717) is 18.1 Å². The first-order valence-electron chi connectivity index (χ1n) is 6.40. The van der Waals surface area contributed by atoms with Gasteiger partial charge < -0.3 is 20.9 Å². The first kappa shape index (κ1) is 13.4. The van der Waals surface area contributed by atoms with E-state index >= 15 is 0 Å². The van der Waals surface area contributed by atoms with Gasteiger partial charge in [0, 0.05) is 6.54 Å². The van der Waals surface area contributed by atoms with Crippen LogP contribution in [-0.4, -0.2) is 28.7 Å². The van der Waals surface area contributed by atoms with E-state index in [4.69, 9.17) is 10.5 Å². The van der Waals surface area contributed by atoms with Crippen molar-refractivity contribution >= 4 is 22.4 Å². The van der Waals surface area contributed by atoms with Gasteiger partial charge in [0.2, 0.25) is 0 Å². The summed E-state index contributed by atoms with van der Waals surface area (Å²) in [5.41, 5.74) is 5.08. The van der Waals surface area contributed by atoms with Crippen LogP contribution in [0, 0.1) is 0 Å². The van der Waals surface area contributed by atoms with Crippen LogP contribution in [0.1, 0.15) is 38.5 Å². The third kappa shape index (κ3) is 3.05. The van der Waals surface area contributed by atoms with Gasteiger partial charge in [-0.05, 0) is 24.4 Å². The Kier molecular flexibility index (Phi) is 4.29. The van der Waals surface area contributed by atoms with Gasteiger partial charge in [-0.15, -0.1) is 0 Å². The summed E-state index contributed by atoms with van der Waals surface area (Å²) in [6.07, 6.45) is 6.35. The number of nitrogens with one attached hydrogen (secondary N) is 1. The highest BCUT2D eigenvalue weighted by molar-refractivity contribution is 7.11. The molecule has 6 heteroatoms. The molecule has 2 rings (SSSR count). The van der Waals surface area contributed by atoms with E-state index in [2.05, 4.69) is 9.69 Å². The number of nitrogen functional groups attached to an aromatic ring is 1. The Morgan fingerprint density at radius 1 is 1.39 bits per heavy atom. The number of aromatic nitrogens is 1. The normalized spacial score (nSPS) is 19.2. The van der Waals surface area contributed by atoms with Crippen molar-refractivity contribution in [3.63, 3.8) is 0 Å². The fourth-order valence-corrected chi connectivity index (χ4v) is 3.09. The van der Waals surface area contributed by atoms with Crippen molar-refractivity contribution in [3.8, 4) is 5.75 Å². The van der Waals surface area contributed by atoms with Crippen molar-refractivity contribution in [3.05, 3.63) is 0 Å². The van der Waals surface area contributed by atoms with Crippen molar-refractivity contribution in [2.75, 3.05) is 24.7 Å². The smallest absolute Gasteiger partial charge is 0.197 e. The second-order valence-corrected chi connectivity index (χ2v) is 5.70. The molecule has 0 amide bonds. The van der Waals surface area contributed by atoms with E-state index in [0.717, 1.165) is 30.7 Å². The van der Waals surface area contributed by atoms with Gasteiger partial charge in [-0.1, -0.05) is 25.7 Å². The lowest BCUT2D eigenvalue weighted by Gasteiger charge is -2.27. The van der Waals surface area contributed by atoms with Crippen LogP contribution >= 0.6 is 11.5 Å². The first-order chi connectivity index (χ1) is 8.64. The van der Waals surface area contributed by atoms with Crippen LogP contribution in [0.5, 0.6) is 5.75 Å². The lowest BCUT2D eigenvalue weighted by molar-refractivity contribution is 0.0381. The van der Waals surface area contributed by atoms with Gasteiger partial charge >= 0.3 is 0 Å². The third-order valence-electron chi connectivity index (χ3n) is 3.49. The largest absolute Gasteiger partial charge is 0.490 e. The summed E-state index contributed by atoms with van der Waals surface area (Å²) >= 11 is 1.27. The first-order valence-corrected chi connectivity index (χ1v) is 7.17. The second-order valence-electron chi connectivity index (χ2n) is 4.92. The standard InChI is InChI=1S/C12H21N3O2S/c1-17-9-10(13)15-18-11(9)14-8-12(16)6-4-2-3-5-7-12/h14,16H,2-8H2,1H3,(H2,13,15). The summed E-state index contributed by atoms with van der Waals surface area (Å²) < 4.78 is 9.24. The molecular weight excluding hydrogens is 250 g/mol. The number of ether oxygens (including phenoxy) is 1. The Morgan fingerprint density at radius 3 is 2.67 bits per heavy atom. The molecule has 1 aliphatic rings. The van der Waals surface area contributed by atoms with Crippen LogP contribution in [-0.2, 0) is 0 Å². The third-order valence-corrected chi connectivity index (χ3v) is 4.29. The molecule has 1 saturated carbocycles. The van der Waals surface area contributed by atoms with Crippen LogP contribution in [0.25, 0.3) is 0 Å². The fraction of sp³-hybridized carbons (Fsp3) is 0.750. The summed E-state index contributed by atoms with van der Waals surface area (Å²) in [5.74, 6) is 0.982. The molecule has 1 heterocycles. The lowest BCUT2D eigenvalue weighted by Crippen LogP contribution is -2.36. The van der Waals surface area contributed by atoms with Gasteiger partial charge in [-0.25, -0.2) is 0 Å². The number of anilines is 2. The molecule has 1 aliphatic carbocycles. The van der Waals surface area contributed by atoms with Gasteiger partial charge in [-0.2, -0.15) is 4.37 Å². The molecular formula is C12H21N3O2S. The maximum Gasteiger partial charge on any atom is 0.197 e. The van der Waals surface area contributed by atoms with Crippen LogP contribution in [0.15, 0.2) is 0 Å². The summed E-state index contributed by atoms with van der Waals surface area (Å²) in [6.45, 7) is 0.533. The van der Waals surface area contributed by atoms with Gasteiger partial charge in [0.1, 0.15) is 0 Å². The van der Waals surface area contributed by atoms with Gasteiger partial charge in [0.05, 0.1) is 12.7 Å². The molecule has 0 aromatic carbocycles. The predicted octanol–water partition coefficient (Wildman–Crippen LogP) is 2.23. The van der Waals surface area contributed by atoms with Crippen molar-refractivity contribution in [2.24, 2.45) is 0 Å². The second kappa shape index (κ2) is 5.75. The van der Waals surface area contributed by atoms with E-state index in [1.807, 2.05) is 0 Å². The maximum atomic E-state index is 10.5. The Labute approximate surface area is 112 Å². The molecule has 0 spiro atoms. The van der Waals surface area contributed by atoms with Gasteiger partial charge in [0.15, 0.2) is 16.6 Å². The van der Waals surface area contributed by atoms with E-state index < -0.39 is 5.60 Å². The molecule has 4 N–H and O–H groups in total. The SMILES string of the molecule is COc1c(N)nsc1NCC1(O)CCCCCC1. The number of nitrogens with two attached hydrogens (primary N) is 1. The minimum absolute atomic E-state index is 0.401. The molecule has 102 valence electrons. The molecule has 0 radical (unpaired) electrons. The highest BCUT2D eigenvalue weighted by Gasteiger charge is 2.28. The van der Waals surface area contributed by atoms with Crippen molar-refractivity contribution in [1.29, 1.82) is 0 Å². The molecule has 0 aliphatic heterocycles. The summed E-state index contributed by atoms with van der Waals surface area (Å²) in [6, 6.07) is 0. The number of hydrogen-bond acceptors (Lipinski definition) is 6. The van der Waals surface area contributed by atoms with Crippen LogP contribution in [0.4, 0.5) is 10.8 Å². The zero-order valence-corrected chi connectivity index (χ0v) is 11.6. The average Bonchev–Trinajstić information content (AvgIpc) is 2.56. The molecule has 1 fully saturated rings. The van der Waals surface area contributed by atoms with E-state index in [-0.39, 0.29) is 0 Å². The number of nitrogens with zero attached hydrogens (tertiary/aromatic N) is 1. The number of aliphatic hydroxyl groups is 1. The molecule has 0 unspecified atom stereocenters. The number of hydrogen-bond donors (Lipinski definition) is 3. The topological polar surface area (TPSA) is 80.4 Å². The van der Waals surface area contributed by atoms with E-state index in [9.17, 15) is 5.11 Å². The molecule has 1 aromatic rings. The molecule has 0 bridgehead atoms. The molecule has 5 nitrogen and oxygen atoms in total. The summed E-state index contributed by atoms with van der Waals surface area (Å²) in [7, 11) is 1.58. The van der Waals surface area contributed by atoms with Crippen LogP contribution < -0.4 is 15.8 Å². The minimum Gasteiger partial charge on any atom is -0.490 e. The highest BCUT2D eigenvalue weighted by atomic mass is 32.1. The van der Waals surface area contributed by atoms with Gasteiger partial charge in [-0.3, -0.25) is 0 Å². The van der Waals surface area contributed by atoms with Crippen molar-refractivity contribution < 1.29 is 9.84 Å². The van der Waals surface area contributed by atoms with E-state index in [1.165, 1.54) is 24.4 Å². The quantitative estimate of drug-likeness (QED) is 0.732. The Hall–Kier alpha value is -1.01. The minimum atomic E-state index is -0.611. The predicted molar refractivity (Wildman–Crippen MR) is 74.2 cm³/mol. The molecule has 1 aromatic heterocycles. The van der Waals surface area contributed by atoms with Crippen molar-refractivity contribution in [2.45, 2.75) is 44.1 Å². The Balaban J connectivity index is 1.97. The van der Waals surface area contributed by atoms with Crippen molar-refractivity contribution in [1.82, 2.24) is 4.37 Å². The number of rotatable bonds is 4. The van der Waals surface area contributed by atoms with Crippen LogP contribution in [0.3, 0.4) is 0 Å². The lowest BCUT2D eigenvalue weighted by atomic mass is 9.94. The monoisotopic (exact) mass is 271 g/mol. The zero-order valence-electron chi connectivity index (χ0n) is 10.7. The molecule has 0 atom stereocenters. The maximum absolute atomic E-state index is 10.5. The fourth-order valence-electron chi connectivity index (χ4n) is 2.41. The van der Waals surface area contributed by atoms with Crippen LogP contribution in [0.2, 0.25) is 0 Å². The van der Waals surface area contributed by atoms with E-state index in [1.54, 1.807) is 7.11 Å². The zero-order chi connectivity index (χ0) is 13.0. The average molecular weight is 271 g/mol.